The van der Waals surface area contributed by atoms with Crippen LogP contribution < -0.4 is 5.32 Å². The number of hydrogen-bond donors (Lipinski definition) is 1. The number of pyridine rings is 1. The monoisotopic (exact) mass is 180 g/mol. The second-order valence-corrected chi connectivity index (χ2v) is 2.49. The predicted octanol–water partition coefficient (Wildman–Crippen LogP) is 0.980. The van der Waals surface area contributed by atoms with Crippen LogP contribution in [0.15, 0.2) is 24.4 Å². The first-order chi connectivity index (χ1) is 6.33. The Kier molecular flexibility index (Phi) is 3.75. The number of rotatable bonds is 3. The molecule has 4 heteroatoms. The van der Waals surface area contributed by atoms with Crippen LogP contribution in [0.5, 0.6) is 0 Å². The summed E-state index contributed by atoms with van der Waals surface area (Å²) >= 11 is 0. The fourth-order valence-electron chi connectivity index (χ4n) is 0.911. The lowest BCUT2D eigenvalue weighted by molar-refractivity contribution is 0.171. The number of nitrogens with zero attached hydrogens (tertiary/aromatic N) is 1. The van der Waals surface area contributed by atoms with Crippen molar-refractivity contribution in [2.45, 2.75) is 6.42 Å². The number of ether oxygens (including phenoxy) is 1. The van der Waals surface area contributed by atoms with Crippen molar-refractivity contribution in [2.75, 3.05) is 13.7 Å². The molecule has 1 aromatic heterocycles. The van der Waals surface area contributed by atoms with E-state index in [0.717, 1.165) is 12.1 Å². The fraction of sp³-hybridized carbons (Fsp3) is 0.333. The Balaban J connectivity index is 2.24. The molecule has 0 bridgehead atoms. The van der Waals surface area contributed by atoms with Crippen molar-refractivity contribution in [3.63, 3.8) is 0 Å². The molecule has 1 N–H and O–H groups in total. The fourth-order valence-corrected chi connectivity index (χ4v) is 0.911. The molecule has 1 rings (SSSR count). The van der Waals surface area contributed by atoms with Crippen LogP contribution in [0.1, 0.15) is 5.69 Å². The normalized spacial score (nSPS) is 9.31. The summed E-state index contributed by atoms with van der Waals surface area (Å²) < 4.78 is 4.42. The molecule has 0 aromatic carbocycles. The second kappa shape index (κ2) is 5.13. The zero-order valence-electron chi connectivity index (χ0n) is 7.49. The molecule has 0 aliphatic carbocycles. The number of hydrogen-bond acceptors (Lipinski definition) is 3. The summed E-state index contributed by atoms with van der Waals surface area (Å²) in [6.45, 7) is 0.545. The summed E-state index contributed by atoms with van der Waals surface area (Å²) in [5, 5.41) is 2.58. The van der Waals surface area contributed by atoms with E-state index < -0.39 is 6.09 Å². The van der Waals surface area contributed by atoms with Crippen molar-refractivity contribution < 1.29 is 9.53 Å². The first kappa shape index (κ1) is 9.51. The number of methoxy groups -OCH3 is 1. The van der Waals surface area contributed by atoms with Crippen molar-refractivity contribution in [1.82, 2.24) is 10.3 Å². The van der Waals surface area contributed by atoms with Crippen LogP contribution in [-0.4, -0.2) is 24.7 Å². The molecule has 1 heterocycles. The topological polar surface area (TPSA) is 51.2 Å². The van der Waals surface area contributed by atoms with E-state index in [0.29, 0.717) is 6.54 Å². The predicted molar refractivity (Wildman–Crippen MR) is 48.3 cm³/mol. The molecule has 0 saturated carbocycles. The van der Waals surface area contributed by atoms with Gasteiger partial charge in [0.25, 0.3) is 0 Å². The van der Waals surface area contributed by atoms with Gasteiger partial charge in [0.1, 0.15) is 0 Å². The van der Waals surface area contributed by atoms with Gasteiger partial charge in [-0.15, -0.1) is 0 Å². The third kappa shape index (κ3) is 3.55. The number of nitrogens with one attached hydrogen (secondary N) is 1. The average molecular weight is 180 g/mol. The van der Waals surface area contributed by atoms with E-state index in [9.17, 15) is 4.79 Å². The Bertz CT molecular complexity index is 262. The van der Waals surface area contributed by atoms with Gasteiger partial charge in [0.2, 0.25) is 0 Å². The quantitative estimate of drug-likeness (QED) is 0.754. The van der Waals surface area contributed by atoms with Crippen molar-refractivity contribution in [1.29, 1.82) is 0 Å². The highest BCUT2D eigenvalue weighted by atomic mass is 16.5. The number of aromatic nitrogens is 1. The lowest BCUT2D eigenvalue weighted by Crippen LogP contribution is -2.25. The van der Waals surface area contributed by atoms with Gasteiger partial charge in [0, 0.05) is 24.9 Å². The molecule has 13 heavy (non-hydrogen) atoms. The molecule has 4 nitrogen and oxygen atoms in total. The lowest BCUT2D eigenvalue weighted by atomic mass is 10.3. The number of alkyl carbamates (subject to hydrolysis) is 1. The SMILES string of the molecule is COC(=O)NCCc1ccccn1. The van der Waals surface area contributed by atoms with Gasteiger partial charge in [0.15, 0.2) is 0 Å². The Morgan fingerprint density at radius 1 is 1.62 bits per heavy atom. The number of carbonyl (C=O) groups excluding carboxylic acids is 1. The summed E-state index contributed by atoms with van der Waals surface area (Å²) in [6.07, 6.45) is 2.04. The molecule has 0 unspecified atom stereocenters. The summed E-state index contributed by atoms with van der Waals surface area (Å²) in [5.41, 5.74) is 0.957. The zero-order chi connectivity index (χ0) is 9.52. The van der Waals surface area contributed by atoms with Crippen LogP contribution in [0.2, 0.25) is 0 Å². The minimum absolute atomic E-state index is 0.407. The molecular formula is C9H12N2O2. The van der Waals surface area contributed by atoms with Crippen molar-refractivity contribution in [2.24, 2.45) is 0 Å². The smallest absolute Gasteiger partial charge is 0.406 e. The highest BCUT2D eigenvalue weighted by Crippen LogP contribution is 1.92. The van der Waals surface area contributed by atoms with Crippen LogP contribution in [0, 0.1) is 0 Å². The van der Waals surface area contributed by atoms with E-state index in [1.807, 2.05) is 18.2 Å². The van der Waals surface area contributed by atoms with E-state index in [4.69, 9.17) is 0 Å². The van der Waals surface area contributed by atoms with Crippen LogP contribution >= 0.6 is 0 Å². The average Bonchev–Trinajstić information content (AvgIpc) is 2.19. The van der Waals surface area contributed by atoms with Gasteiger partial charge in [-0.25, -0.2) is 4.79 Å². The lowest BCUT2D eigenvalue weighted by Gasteiger charge is -2.02. The van der Waals surface area contributed by atoms with E-state index in [-0.39, 0.29) is 0 Å². The van der Waals surface area contributed by atoms with Crippen molar-refractivity contribution >= 4 is 6.09 Å². The molecule has 0 aliphatic rings. The van der Waals surface area contributed by atoms with Gasteiger partial charge in [-0.3, -0.25) is 4.98 Å². The van der Waals surface area contributed by atoms with Crippen molar-refractivity contribution in [3.05, 3.63) is 30.1 Å². The third-order valence-electron chi connectivity index (χ3n) is 1.56. The van der Waals surface area contributed by atoms with Gasteiger partial charge >= 0.3 is 6.09 Å². The summed E-state index contributed by atoms with van der Waals surface area (Å²) in [7, 11) is 1.34. The first-order valence-electron chi connectivity index (χ1n) is 4.04. The Morgan fingerprint density at radius 3 is 3.08 bits per heavy atom. The van der Waals surface area contributed by atoms with Crippen molar-refractivity contribution in [3.8, 4) is 0 Å². The van der Waals surface area contributed by atoms with E-state index in [1.54, 1.807) is 6.20 Å². The van der Waals surface area contributed by atoms with Gasteiger partial charge in [0.05, 0.1) is 7.11 Å². The number of amides is 1. The van der Waals surface area contributed by atoms with Gasteiger partial charge < -0.3 is 10.1 Å². The van der Waals surface area contributed by atoms with E-state index in [1.165, 1.54) is 7.11 Å². The molecule has 1 aromatic rings. The Labute approximate surface area is 76.9 Å². The Morgan fingerprint density at radius 2 is 2.46 bits per heavy atom. The van der Waals surface area contributed by atoms with Gasteiger partial charge in [-0.05, 0) is 12.1 Å². The minimum atomic E-state index is -0.407. The van der Waals surface area contributed by atoms with Crippen LogP contribution in [-0.2, 0) is 11.2 Å². The van der Waals surface area contributed by atoms with Crippen LogP contribution in [0.3, 0.4) is 0 Å². The van der Waals surface area contributed by atoms with Crippen LogP contribution in [0.25, 0.3) is 0 Å². The van der Waals surface area contributed by atoms with Gasteiger partial charge in [-0.1, -0.05) is 6.07 Å². The molecule has 0 atom stereocenters. The highest BCUT2D eigenvalue weighted by molar-refractivity contribution is 5.66. The maximum atomic E-state index is 10.6. The first-order valence-corrected chi connectivity index (χ1v) is 4.04. The molecule has 0 fully saturated rings. The van der Waals surface area contributed by atoms with Gasteiger partial charge in [-0.2, -0.15) is 0 Å². The molecule has 1 amide bonds. The van der Waals surface area contributed by atoms with E-state index >= 15 is 0 Å². The second-order valence-electron chi connectivity index (χ2n) is 2.49. The molecule has 0 aliphatic heterocycles. The minimum Gasteiger partial charge on any atom is -0.453 e. The molecular weight excluding hydrogens is 168 g/mol. The highest BCUT2D eigenvalue weighted by Gasteiger charge is 1.97. The maximum Gasteiger partial charge on any atom is 0.406 e. The summed E-state index contributed by atoms with van der Waals surface area (Å²) in [6, 6.07) is 5.69. The maximum absolute atomic E-state index is 10.6. The molecule has 0 saturated heterocycles. The zero-order valence-corrected chi connectivity index (χ0v) is 7.49. The molecule has 0 radical (unpaired) electrons. The van der Waals surface area contributed by atoms with E-state index in [2.05, 4.69) is 15.0 Å². The standard InChI is InChI=1S/C9H12N2O2/c1-13-9(12)11-7-5-8-4-2-3-6-10-8/h2-4,6H,5,7H2,1H3,(H,11,12). The van der Waals surface area contributed by atoms with Crippen LogP contribution in [0.4, 0.5) is 4.79 Å². The summed E-state index contributed by atoms with van der Waals surface area (Å²) in [5.74, 6) is 0. The number of carbonyl (C=O) groups is 1. The summed E-state index contributed by atoms with van der Waals surface area (Å²) in [4.78, 5) is 14.8. The molecule has 70 valence electrons. The molecule has 0 spiro atoms. The Hall–Kier alpha value is -1.58. The third-order valence-corrected chi connectivity index (χ3v) is 1.56. The largest absolute Gasteiger partial charge is 0.453 e.